The molecule has 4 N–H and O–H groups in total. The third-order valence-electron chi connectivity index (χ3n) is 2.44. The highest BCUT2D eigenvalue weighted by atomic mass is 32.2. The number of carboxylic acid groups (broad SMARTS) is 1. The molecule has 0 unspecified atom stereocenters. The first-order valence-electron chi connectivity index (χ1n) is 5.77. The topological polar surface area (TPSA) is 141 Å². The third kappa shape index (κ3) is 5.63. The fourth-order valence-electron chi connectivity index (χ4n) is 1.33. The van der Waals surface area contributed by atoms with Crippen LogP contribution >= 0.6 is 0 Å². The van der Waals surface area contributed by atoms with Gasteiger partial charge in [-0.1, -0.05) is 6.58 Å². The summed E-state index contributed by atoms with van der Waals surface area (Å²) < 4.78 is 22.1. The number of rotatable bonds is 6. The molecule has 0 bridgehead atoms. The molecule has 0 fully saturated rings. The number of aliphatic carboxylic acids is 1. The van der Waals surface area contributed by atoms with Gasteiger partial charge in [0.05, 0.1) is 10.9 Å². The van der Waals surface area contributed by atoms with Crippen molar-refractivity contribution >= 4 is 27.7 Å². The minimum absolute atomic E-state index is 0.0557. The predicted molar refractivity (Wildman–Crippen MR) is 73.6 cm³/mol. The number of carbonyl (C=O) groups excluding carboxylic acids is 2. The SMILES string of the molecule is C=C(CCNC(=O)Nc1ccc(S(N)(=O)=O)cc1)C(=O)[O-]. The molecule has 0 saturated carbocycles. The number of benzene rings is 1. The highest BCUT2D eigenvalue weighted by molar-refractivity contribution is 7.89. The summed E-state index contributed by atoms with van der Waals surface area (Å²) in [7, 11) is -3.78. The van der Waals surface area contributed by atoms with Gasteiger partial charge in [-0.15, -0.1) is 0 Å². The zero-order chi connectivity index (χ0) is 16.0. The Balaban J connectivity index is 2.48. The first-order chi connectivity index (χ1) is 9.70. The lowest BCUT2D eigenvalue weighted by Crippen LogP contribution is -2.31. The molecule has 21 heavy (non-hydrogen) atoms. The van der Waals surface area contributed by atoms with E-state index in [0.717, 1.165) is 0 Å². The van der Waals surface area contributed by atoms with Gasteiger partial charge in [-0.3, -0.25) is 0 Å². The van der Waals surface area contributed by atoms with Crippen LogP contribution in [0.1, 0.15) is 6.42 Å². The Bertz CT molecular complexity index is 652. The largest absolute Gasteiger partial charge is 0.545 e. The quantitative estimate of drug-likeness (QED) is 0.587. The van der Waals surface area contributed by atoms with E-state index in [4.69, 9.17) is 5.14 Å². The first kappa shape index (κ1) is 16.7. The standard InChI is InChI=1S/C12H15N3O5S/c1-8(11(16)17)6-7-14-12(18)15-9-2-4-10(5-3-9)21(13,19)20/h2-5H,1,6-7H2,(H,16,17)(H2,13,19,20)(H2,14,15,18)/p-1. The van der Waals surface area contributed by atoms with Gasteiger partial charge in [-0.2, -0.15) is 0 Å². The number of carboxylic acids is 1. The Labute approximate surface area is 121 Å². The molecule has 0 aliphatic carbocycles. The van der Waals surface area contributed by atoms with Crippen molar-refractivity contribution in [3.63, 3.8) is 0 Å². The Morgan fingerprint density at radius 2 is 1.81 bits per heavy atom. The molecule has 0 spiro atoms. The monoisotopic (exact) mass is 312 g/mol. The van der Waals surface area contributed by atoms with Crippen molar-refractivity contribution in [1.82, 2.24) is 5.32 Å². The van der Waals surface area contributed by atoms with Gasteiger partial charge in [0.2, 0.25) is 10.0 Å². The minimum atomic E-state index is -3.78. The second-order valence-electron chi connectivity index (χ2n) is 4.09. The normalized spacial score (nSPS) is 10.7. The highest BCUT2D eigenvalue weighted by Crippen LogP contribution is 2.12. The van der Waals surface area contributed by atoms with Crippen LogP contribution < -0.4 is 20.9 Å². The van der Waals surface area contributed by atoms with E-state index in [2.05, 4.69) is 17.2 Å². The number of hydrogen-bond acceptors (Lipinski definition) is 5. The highest BCUT2D eigenvalue weighted by Gasteiger charge is 2.07. The van der Waals surface area contributed by atoms with Crippen molar-refractivity contribution in [3.8, 4) is 0 Å². The number of hydrogen-bond donors (Lipinski definition) is 3. The summed E-state index contributed by atoms with van der Waals surface area (Å²) in [5, 5.41) is 20.2. The molecule has 9 heteroatoms. The number of nitrogens with one attached hydrogen (secondary N) is 2. The fraction of sp³-hybridized carbons (Fsp3) is 0.167. The van der Waals surface area contributed by atoms with Gasteiger partial charge in [0.25, 0.3) is 0 Å². The van der Waals surface area contributed by atoms with Gasteiger partial charge in [-0.25, -0.2) is 18.4 Å². The maximum absolute atomic E-state index is 11.5. The van der Waals surface area contributed by atoms with Gasteiger partial charge in [0, 0.05) is 12.2 Å². The molecule has 1 aromatic carbocycles. The van der Waals surface area contributed by atoms with Crippen molar-refractivity contribution in [2.75, 3.05) is 11.9 Å². The van der Waals surface area contributed by atoms with Gasteiger partial charge >= 0.3 is 6.03 Å². The zero-order valence-electron chi connectivity index (χ0n) is 11.0. The molecule has 1 rings (SSSR count). The van der Waals surface area contributed by atoms with Gasteiger partial charge in [-0.05, 0) is 36.3 Å². The van der Waals surface area contributed by atoms with Crippen molar-refractivity contribution in [2.45, 2.75) is 11.3 Å². The van der Waals surface area contributed by atoms with Crippen molar-refractivity contribution in [3.05, 3.63) is 36.4 Å². The zero-order valence-corrected chi connectivity index (χ0v) is 11.8. The molecule has 0 aromatic heterocycles. The summed E-state index contributed by atoms with van der Waals surface area (Å²) >= 11 is 0. The molecule has 0 aliphatic rings. The molecule has 8 nitrogen and oxygen atoms in total. The molecule has 0 atom stereocenters. The van der Waals surface area contributed by atoms with E-state index in [-0.39, 0.29) is 23.4 Å². The summed E-state index contributed by atoms with van der Waals surface area (Å²) in [4.78, 5) is 21.8. The maximum Gasteiger partial charge on any atom is 0.319 e. The lowest BCUT2D eigenvalue weighted by Gasteiger charge is -2.09. The van der Waals surface area contributed by atoms with Crippen LogP contribution in [0, 0.1) is 0 Å². The lowest BCUT2D eigenvalue weighted by molar-refractivity contribution is -0.299. The molecule has 0 saturated heterocycles. The van der Waals surface area contributed by atoms with E-state index < -0.39 is 22.0 Å². The number of anilines is 1. The predicted octanol–water partition coefficient (Wildman–Crippen LogP) is -0.848. The number of nitrogens with two attached hydrogens (primary N) is 1. The Morgan fingerprint density at radius 3 is 2.29 bits per heavy atom. The van der Waals surface area contributed by atoms with Crippen LogP contribution in [0.4, 0.5) is 10.5 Å². The smallest absolute Gasteiger partial charge is 0.319 e. The lowest BCUT2D eigenvalue weighted by atomic mass is 10.2. The van der Waals surface area contributed by atoms with Crippen molar-refractivity contribution < 1.29 is 23.1 Å². The van der Waals surface area contributed by atoms with E-state index >= 15 is 0 Å². The number of amides is 2. The summed E-state index contributed by atoms with van der Waals surface area (Å²) in [6, 6.07) is 4.69. The molecule has 2 amide bonds. The van der Waals surface area contributed by atoms with E-state index in [0.29, 0.717) is 5.69 Å². The molecule has 0 aliphatic heterocycles. The molecular weight excluding hydrogens is 298 g/mol. The molecule has 114 valence electrons. The maximum atomic E-state index is 11.5. The van der Waals surface area contributed by atoms with Crippen LogP contribution in [-0.4, -0.2) is 27.0 Å². The van der Waals surface area contributed by atoms with Crippen LogP contribution in [0.3, 0.4) is 0 Å². The van der Waals surface area contributed by atoms with E-state index in [1.807, 2.05) is 0 Å². The first-order valence-corrected chi connectivity index (χ1v) is 7.31. The summed E-state index contributed by atoms with van der Waals surface area (Å²) in [6.07, 6.45) is 0.0557. The molecule has 0 heterocycles. The second-order valence-corrected chi connectivity index (χ2v) is 5.65. The average Bonchev–Trinajstić information content (AvgIpc) is 2.38. The van der Waals surface area contributed by atoms with Gasteiger partial charge in [0.1, 0.15) is 0 Å². The van der Waals surface area contributed by atoms with E-state index in [1.54, 1.807) is 0 Å². The number of urea groups is 1. The Kier molecular flexibility index (Phi) is 5.44. The number of primary sulfonamides is 1. The Morgan fingerprint density at radius 1 is 1.24 bits per heavy atom. The average molecular weight is 312 g/mol. The summed E-state index contributed by atoms with van der Waals surface area (Å²) in [5.74, 6) is -1.37. The van der Waals surface area contributed by atoms with Crippen LogP contribution in [0.15, 0.2) is 41.3 Å². The van der Waals surface area contributed by atoms with Crippen molar-refractivity contribution in [1.29, 1.82) is 0 Å². The fourth-order valence-corrected chi connectivity index (χ4v) is 1.85. The van der Waals surface area contributed by atoms with Crippen molar-refractivity contribution in [2.24, 2.45) is 5.14 Å². The van der Waals surface area contributed by atoms with Gasteiger partial charge < -0.3 is 20.5 Å². The molecule has 0 radical (unpaired) electrons. The van der Waals surface area contributed by atoms with E-state index in [9.17, 15) is 23.1 Å². The summed E-state index contributed by atoms with van der Waals surface area (Å²) in [5.41, 5.74) is 0.242. The third-order valence-corrected chi connectivity index (χ3v) is 3.37. The van der Waals surface area contributed by atoms with Crippen LogP contribution in [-0.2, 0) is 14.8 Å². The molecule has 1 aromatic rings. The number of carbonyl (C=O) groups is 2. The minimum Gasteiger partial charge on any atom is -0.545 e. The van der Waals surface area contributed by atoms with Gasteiger partial charge in [0.15, 0.2) is 0 Å². The Hall–Kier alpha value is -2.39. The van der Waals surface area contributed by atoms with Crippen LogP contribution in [0.25, 0.3) is 0 Å². The summed E-state index contributed by atoms with van der Waals surface area (Å²) in [6.45, 7) is 3.34. The molecular formula is C12H14N3O5S-. The second kappa shape index (κ2) is 6.86. The number of sulfonamides is 1. The van der Waals surface area contributed by atoms with E-state index in [1.165, 1.54) is 24.3 Å². The van der Waals surface area contributed by atoms with Crippen LogP contribution in [0.2, 0.25) is 0 Å². The van der Waals surface area contributed by atoms with Crippen LogP contribution in [0.5, 0.6) is 0 Å².